The van der Waals surface area contributed by atoms with E-state index >= 15 is 0 Å². The number of alkyl halides is 1. The first kappa shape index (κ1) is 13.8. The minimum atomic E-state index is -0.249. The molecule has 1 aromatic rings. The second-order valence-electron chi connectivity index (χ2n) is 4.01. The molecule has 0 saturated carbocycles. The van der Waals surface area contributed by atoms with Gasteiger partial charge in [-0.05, 0) is 6.42 Å². The molecule has 96 valence electrons. The van der Waals surface area contributed by atoms with Crippen molar-refractivity contribution in [3.8, 4) is 0 Å². The number of hydrogen-bond acceptors (Lipinski definition) is 4. The molecule has 0 aliphatic rings. The predicted molar refractivity (Wildman–Crippen MR) is 67.6 cm³/mol. The molecule has 1 aromatic heterocycles. The zero-order chi connectivity index (χ0) is 13.0. The van der Waals surface area contributed by atoms with E-state index in [1.807, 2.05) is 21.0 Å². The van der Waals surface area contributed by atoms with Crippen LogP contribution in [-0.4, -0.2) is 46.7 Å². The van der Waals surface area contributed by atoms with E-state index in [1.54, 1.807) is 16.5 Å². The molecule has 7 heteroatoms. The molecule has 1 amide bonds. The molecule has 6 nitrogen and oxygen atoms in total. The number of amides is 1. The molecule has 1 heterocycles. The van der Waals surface area contributed by atoms with Crippen LogP contribution in [0, 0.1) is 0 Å². The van der Waals surface area contributed by atoms with Gasteiger partial charge in [-0.3, -0.25) is 9.36 Å². The van der Waals surface area contributed by atoms with Crippen LogP contribution in [0.5, 0.6) is 0 Å². The van der Waals surface area contributed by atoms with Crippen LogP contribution in [0.25, 0.3) is 0 Å². The molecule has 0 aliphatic heterocycles. The molecule has 0 aliphatic carbocycles. The number of aromatic nitrogens is 3. The van der Waals surface area contributed by atoms with Gasteiger partial charge >= 0.3 is 0 Å². The van der Waals surface area contributed by atoms with Gasteiger partial charge in [0.1, 0.15) is 0 Å². The molecular formula is C10H18ClN5O. The number of rotatable bonds is 5. The van der Waals surface area contributed by atoms with E-state index in [-0.39, 0.29) is 17.8 Å². The molecule has 1 rings (SSSR count). The van der Waals surface area contributed by atoms with Crippen LogP contribution in [0.1, 0.15) is 24.0 Å². The van der Waals surface area contributed by atoms with Crippen LogP contribution in [0.2, 0.25) is 0 Å². The summed E-state index contributed by atoms with van der Waals surface area (Å²) in [6.07, 6.45) is 0.785. The van der Waals surface area contributed by atoms with E-state index in [9.17, 15) is 4.79 Å². The van der Waals surface area contributed by atoms with E-state index < -0.39 is 0 Å². The molecule has 1 unspecified atom stereocenters. The van der Waals surface area contributed by atoms with E-state index in [0.717, 1.165) is 6.42 Å². The monoisotopic (exact) mass is 259 g/mol. The predicted octanol–water partition coefficient (Wildman–Crippen LogP) is 0.628. The zero-order valence-electron chi connectivity index (χ0n) is 10.6. The normalized spacial score (nSPS) is 12.3. The Morgan fingerprint density at radius 3 is 2.59 bits per heavy atom. The van der Waals surface area contributed by atoms with Gasteiger partial charge in [0.25, 0.3) is 5.91 Å². The van der Waals surface area contributed by atoms with E-state index in [2.05, 4.69) is 15.5 Å². The van der Waals surface area contributed by atoms with Crippen molar-refractivity contribution in [1.29, 1.82) is 0 Å². The Morgan fingerprint density at radius 1 is 1.53 bits per heavy atom. The van der Waals surface area contributed by atoms with Gasteiger partial charge in [-0.15, -0.1) is 21.8 Å². The van der Waals surface area contributed by atoms with Gasteiger partial charge in [-0.25, -0.2) is 0 Å². The van der Waals surface area contributed by atoms with Crippen LogP contribution < -0.4 is 10.2 Å². The summed E-state index contributed by atoms with van der Waals surface area (Å²) < 4.78 is 1.65. The first-order chi connectivity index (χ1) is 8.01. The molecule has 0 aromatic carbocycles. The highest BCUT2D eigenvalue weighted by molar-refractivity contribution is 6.18. The highest BCUT2D eigenvalue weighted by Gasteiger charge is 2.19. The van der Waals surface area contributed by atoms with Crippen LogP contribution in [0.3, 0.4) is 0 Å². The maximum Gasteiger partial charge on any atom is 0.289 e. The van der Waals surface area contributed by atoms with Crippen molar-refractivity contribution in [2.75, 3.05) is 24.9 Å². The van der Waals surface area contributed by atoms with Crippen LogP contribution >= 0.6 is 11.6 Å². The summed E-state index contributed by atoms with van der Waals surface area (Å²) in [7, 11) is 5.45. The van der Waals surface area contributed by atoms with Gasteiger partial charge in [0.15, 0.2) is 0 Å². The molecule has 1 atom stereocenters. The standard InChI is InChI=1S/C10H18ClN5O/c1-5-7(6-11)12-9(17)8-13-14-10(15(2)3)16(8)4/h7H,5-6H2,1-4H3,(H,12,17). The maximum atomic E-state index is 11.9. The van der Waals surface area contributed by atoms with Crippen LogP contribution in [0.15, 0.2) is 0 Å². The Balaban J connectivity index is 2.83. The number of carbonyl (C=O) groups excluding carboxylic acids is 1. The van der Waals surface area contributed by atoms with Gasteiger partial charge < -0.3 is 10.2 Å². The van der Waals surface area contributed by atoms with Gasteiger partial charge in [0, 0.05) is 33.1 Å². The molecule has 1 N–H and O–H groups in total. The molecule has 0 saturated heterocycles. The Bertz CT molecular complexity index is 386. The summed E-state index contributed by atoms with van der Waals surface area (Å²) in [6, 6.07) is -0.0383. The summed E-state index contributed by atoms with van der Waals surface area (Å²) in [6.45, 7) is 1.97. The van der Waals surface area contributed by atoms with Crippen molar-refractivity contribution in [3.63, 3.8) is 0 Å². The molecule has 17 heavy (non-hydrogen) atoms. The topological polar surface area (TPSA) is 63.1 Å². The SMILES string of the molecule is CCC(CCl)NC(=O)c1nnc(N(C)C)n1C. The second-order valence-corrected chi connectivity index (χ2v) is 4.32. The van der Waals surface area contributed by atoms with Gasteiger partial charge in [0.05, 0.1) is 0 Å². The third-order valence-electron chi connectivity index (χ3n) is 2.47. The summed E-state index contributed by atoms with van der Waals surface area (Å²) >= 11 is 5.73. The third kappa shape index (κ3) is 3.09. The van der Waals surface area contributed by atoms with Crippen molar-refractivity contribution in [2.45, 2.75) is 19.4 Å². The largest absolute Gasteiger partial charge is 0.347 e. The van der Waals surface area contributed by atoms with Crippen molar-refractivity contribution in [2.24, 2.45) is 7.05 Å². The molecule has 0 radical (unpaired) electrons. The highest BCUT2D eigenvalue weighted by atomic mass is 35.5. The summed E-state index contributed by atoms with van der Waals surface area (Å²) in [5.74, 6) is 1.06. The smallest absolute Gasteiger partial charge is 0.289 e. The summed E-state index contributed by atoms with van der Waals surface area (Å²) in [5.41, 5.74) is 0. The first-order valence-corrected chi connectivity index (χ1v) is 5.98. The molecule has 0 fully saturated rings. The number of nitrogens with zero attached hydrogens (tertiary/aromatic N) is 4. The molecular weight excluding hydrogens is 242 g/mol. The Hall–Kier alpha value is -1.30. The number of nitrogens with one attached hydrogen (secondary N) is 1. The van der Waals surface area contributed by atoms with Gasteiger partial charge in [0.2, 0.25) is 11.8 Å². The number of halogens is 1. The minimum Gasteiger partial charge on any atom is -0.347 e. The minimum absolute atomic E-state index is 0.0383. The number of hydrogen-bond donors (Lipinski definition) is 1. The lowest BCUT2D eigenvalue weighted by atomic mass is 10.2. The summed E-state index contributed by atoms with van der Waals surface area (Å²) in [4.78, 5) is 13.7. The number of anilines is 1. The van der Waals surface area contributed by atoms with Crippen molar-refractivity contribution in [1.82, 2.24) is 20.1 Å². The highest BCUT2D eigenvalue weighted by Crippen LogP contribution is 2.08. The quantitative estimate of drug-likeness (QED) is 0.788. The average molecular weight is 260 g/mol. The average Bonchev–Trinajstić information content (AvgIpc) is 2.67. The Morgan fingerprint density at radius 2 is 2.18 bits per heavy atom. The van der Waals surface area contributed by atoms with Crippen molar-refractivity contribution >= 4 is 23.5 Å². The first-order valence-electron chi connectivity index (χ1n) is 5.44. The van der Waals surface area contributed by atoms with E-state index in [1.165, 1.54) is 0 Å². The lowest BCUT2D eigenvalue weighted by Gasteiger charge is -2.14. The van der Waals surface area contributed by atoms with Crippen molar-refractivity contribution < 1.29 is 4.79 Å². The second kappa shape index (κ2) is 5.86. The van der Waals surface area contributed by atoms with Crippen LogP contribution in [-0.2, 0) is 7.05 Å². The van der Waals surface area contributed by atoms with Crippen LogP contribution in [0.4, 0.5) is 5.95 Å². The van der Waals surface area contributed by atoms with E-state index in [0.29, 0.717) is 11.8 Å². The summed E-state index contributed by atoms with van der Waals surface area (Å²) in [5, 5.41) is 10.6. The van der Waals surface area contributed by atoms with Crippen molar-refractivity contribution in [3.05, 3.63) is 5.82 Å². The Kier molecular flexibility index (Phi) is 4.74. The zero-order valence-corrected chi connectivity index (χ0v) is 11.3. The fourth-order valence-corrected chi connectivity index (χ4v) is 1.70. The number of carbonyl (C=O) groups is 1. The lowest BCUT2D eigenvalue weighted by Crippen LogP contribution is -2.37. The fourth-order valence-electron chi connectivity index (χ4n) is 1.41. The lowest BCUT2D eigenvalue weighted by molar-refractivity contribution is 0.0926. The van der Waals surface area contributed by atoms with Gasteiger partial charge in [-0.2, -0.15) is 0 Å². The molecule has 0 bridgehead atoms. The maximum absolute atomic E-state index is 11.9. The third-order valence-corrected chi connectivity index (χ3v) is 2.84. The Labute approximate surface area is 106 Å². The van der Waals surface area contributed by atoms with Gasteiger partial charge in [-0.1, -0.05) is 6.92 Å². The fraction of sp³-hybridized carbons (Fsp3) is 0.700. The molecule has 0 spiro atoms. The van der Waals surface area contributed by atoms with E-state index in [4.69, 9.17) is 11.6 Å².